The van der Waals surface area contributed by atoms with Crippen LogP contribution in [0.4, 0.5) is 0 Å². The summed E-state index contributed by atoms with van der Waals surface area (Å²) in [7, 11) is 0. The Bertz CT molecular complexity index is 142. The van der Waals surface area contributed by atoms with E-state index in [-0.39, 0.29) is 0 Å². The van der Waals surface area contributed by atoms with Gasteiger partial charge in [-0.3, -0.25) is 0 Å². The highest BCUT2D eigenvalue weighted by atomic mass is 32.4. The van der Waals surface area contributed by atoms with Crippen LogP contribution >= 0.6 is 6.26 Å². The average Bonchev–Trinajstić information content (AvgIpc) is 2.21. The molecule has 1 nitrogen and oxygen atoms in total. The van der Waals surface area contributed by atoms with Crippen LogP contribution in [0, 0.1) is 0 Å². The number of hydrogen-bond acceptors (Lipinski definition) is 2. The highest BCUT2D eigenvalue weighted by Gasteiger charge is 2.15. The predicted octanol–water partition coefficient (Wildman–Crippen LogP) is 4.41. The lowest BCUT2D eigenvalue weighted by Gasteiger charge is -2.21. The third kappa shape index (κ3) is 6.98. The van der Waals surface area contributed by atoms with E-state index in [9.17, 15) is 0 Å². The molecule has 0 rings (SSSR count). The van der Waals surface area contributed by atoms with Crippen LogP contribution in [-0.4, -0.2) is 18.9 Å². The molecule has 0 atom stereocenters. The van der Waals surface area contributed by atoms with Crippen LogP contribution in [0.3, 0.4) is 0 Å². The molecule has 0 saturated heterocycles. The van der Waals surface area contributed by atoms with Gasteiger partial charge < -0.3 is 4.52 Å². The Hall–Kier alpha value is 0.610. The summed E-state index contributed by atoms with van der Waals surface area (Å²) in [6.45, 7) is 7.46. The SMILES string of the molecule is CCCCP(=S)(CCCC)OCCC. The van der Waals surface area contributed by atoms with Crippen molar-refractivity contribution in [1.82, 2.24) is 0 Å². The fourth-order valence-electron chi connectivity index (χ4n) is 1.30. The lowest BCUT2D eigenvalue weighted by atomic mass is 10.4. The Balaban J connectivity index is 3.97. The lowest BCUT2D eigenvalue weighted by molar-refractivity contribution is 0.348. The van der Waals surface area contributed by atoms with Crippen molar-refractivity contribution in [2.45, 2.75) is 52.9 Å². The van der Waals surface area contributed by atoms with Gasteiger partial charge in [0, 0.05) is 0 Å². The normalized spacial score (nSPS) is 11.9. The van der Waals surface area contributed by atoms with Crippen LogP contribution in [0.25, 0.3) is 0 Å². The molecule has 0 amide bonds. The highest BCUT2D eigenvalue weighted by molar-refractivity contribution is 8.12. The zero-order chi connectivity index (χ0) is 10.9. The summed E-state index contributed by atoms with van der Waals surface area (Å²) in [5.74, 6) is 0. The van der Waals surface area contributed by atoms with Crippen molar-refractivity contribution in [1.29, 1.82) is 0 Å². The van der Waals surface area contributed by atoms with Gasteiger partial charge in [0.2, 0.25) is 0 Å². The van der Waals surface area contributed by atoms with Crippen LogP contribution < -0.4 is 0 Å². The quantitative estimate of drug-likeness (QED) is 0.548. The maximum atomic E-state index is 5.91. The molecule has 86 valence electrons. The summed E-state index contributed by atoms with van der Waals surface area (Å²) in [5.41, 5.74) is 0. The fraction of sp³-hybridized carbons (Fsp3) is 1.00. The van der Waals surface area contributed by atoms with Crippen molar-refractivity contribution >= 4 is 18.1 Å². The first kappa shape index (κ1) is 14.6. The first-order valence-electron chi connectivity index (χ1n) is 5.91. The number of hydrogen-bond donors (Lipinski definition) is 0. The topological polar surface area (TPSA) is 9.23 Å². The van der Waals surface area contributed by atoms with Crippen molar-refractivity contribution in [3.63, 3.8) is 0 Å². The van der Waals surface area contributed by atoms with Gasteiger partial charge in [0.15, 0.2) is 0 Å². The van der Waals surface area contributed by atoms with Gasteiger partial charge in [-0.05, 0) is 31.6 Å². The molecule has 3 heteroatoms. The summed E-state index contributed by atoms with van der Waals surface area (Å²) in [5, 5.41) is 0. The van der Waals surface area contributed by atoms with Crippen LogP contribution in [0.1, 0.15) is 52.9 Å². The largest absolute Gasteiger partial charge is 0.351 e. The Morgan fingerprint density at radius 3 is 1.79 bits per heavy atom. The monoisotopic (exact) mass is 236 g/mol. The summed E-state index contributed by atoms with van der Waals surface area (Å²) in [4.78, 5) is 0. The molecule has 0 fully saturated rings. The van der Waals surface area contributed by atoms with Crippen LogP contribution in [0.15, 0.2) is 0 Å². The van der Waals surface area contributed by atoms with Crippen molar-refractivity contribution in [3.8, 4) is 0 Å². The molecule has 0 unspecified atom stereocenters. The molecule has 0 spiro atoms. The molecule has 0 aromatic carbocycles. The minimum atomic E-state index is -1.44. The molecule has 0 radical (unpaired) electrons. The molecular weight excluding hydrogens is 211 g/mol. The molecule has 0 saturated carbocycles. The van der Waals surface area contributed by atoms with Crippen molar-refractivity contribution in [3.05, 3.63) is 0 Å². The third-order valence-corrected chi connectivity index (χ3v) is 6.30. The lowest BCUT2D eigenvalue weighted by Crippen LogP contribution is -2.01. The minimum Gasteiger partial charge on any atom is -0.351 e. The predicted molar refractivity (Wildman–Crippen MR) is 70.1 cm³/mol. The Morgan fingerprint density at radius 2 is 1.43 bits per heavy atom. The molecule has 0 aliphatic rings. The van der Waals surface area contributed by atoms with E-state index in [4.69, 9.17) is 16.3 Å². The smallest absolute Gasteiger partial charge is 0.0674 e. The van der Waals surface area contributed by atoms with Gasteiger partial charge >= 0.3 is 0 Å². The van der Waals surface area contributed by atoms with Crippen molar-refractivity contribution in [2.75, 3.05) is 18.9 Å². The van der Waals surface area contributed by atoms with Gasteiger partial charge in [0.05, 0.1) is 12.9 Å². The van der Waals surface area contributed by atoms with E-state index in [0.717, 1.165) is 25.4 Å². The molecule has 0 aliphatic carbocycles. The molecule has 0 N–H and O–H groups in total. The number of unbranched alkanes of at least 4 members (excludes halogenated alkanes) is 2. The second kappa shape index (κ2) is 8.88. The van der Waals surface area contributed by atoms with E-state index in [2.05, 4.69) is 20.8 Å². The first-order valence-corrected chi connectivity index (χ1v) is 9.00. The molecular formula is C11H25OPS. The van der Waals surface area contributed by atoms with Gasteiger partial charge in [-0.15, -0.1) is 0 Å². The molecule has 0 aliphatic heterocycles. The maximum Gasteiger partial charge on any atom is 0.0674 e. The van der Waals surface area contributed by atoms with Crippen LogP contribution in [0.5, 0.6) is 0 Å². The Morgan fingerprint density at radius 1 is 0.929 bits per heavy atom. The van der Waals surface area contributed by atoms with Gasteiger partial charge in [-0.2, -0.15) is 0 Å². The molecule has 0 heterocycles. The molecule has 0 aromatic heterocycles. The molecule has 14 heavy (non-hydrogen) atoms. The minimum absolute atomic E-state index is 0.866. The summed E-state index contributed by atoms with van der Waals surface area (Å²) >= 11 is 5.69. The summed E-state index contributed by atoms with van der Waals surface area (Å²) in [6.07, 6.45) is 6.92. The van der Waals surface area contributed by atoms with E-state index in [1.54, 1.807) is 0 Å². The average molecular weight is 236 g/mol. The van der Waals surface area contributed by atoms with E-state index in [0.29, 0.717) is 0 Å². The number of rotatable bonds is 9. The maximum absolute atomic E-state index is 5.91. The Labute approximate surface area is 94.7 Å². The highest BCUT2D eigenvalue weighted by Crippen LogP contribution is 2.49. The fourth-order valence-corrected chi connectivity index (χ4v) is 4.89. The zero-order valence-corrected chi connectivity index (χ0v) is 11.6. The van der Waals surface area contributed by atoms with Gasteiger partial charge in [0.25, 0.3) is 0 Å². The van der Waals surface area contributed by atoms with Crippen LogP contribution in [0.2, 0.25) is 0 Å². The molecule has 0 aromatic rings. The van der Waals surface area contributed by atoms with Gasteiger partial charge in [-0.1, -0.05) is 45.4 Å². The summed E-state index contributed by atoms with van der Waals surface area (Å²) in [6, 6.07) is 0. The second-order valence-corrected chi connectivity index (χ2v) is 8.58. The summed E-state index contributed by atoms with van der Waals surface area (Å²) < 4.78 is 5.91. The standard InChI is InChI=1S/C11H25OPS/c1-4-7-10-13(14,11-8-5-2)12-9-6-3/h4-11H2,1-3H3. The van der Waals surface area contributed by atoms with Gasteiger partial charge in [-0.25, -0.2) is 0 Å². The Kier molecular flexibility index (Phi) is 9.27. The van der Waals surface area contributed by atoms with E-state index in [1.165, 1.54) is 25.7 Å². The third-order valence-electron chi connectivity index (χ3n) is 2.24. The van der Waals surface area contributed by atoms with E-state index < -0.39 is 6.26 Å². The van der Waals surface area contributed by atoms with Crippen molar-refractivity contribution < 1.29 is 4.52 Å². The zero-order valence-electron chi connectivity index (χ0n) is 9.92. The van der Waals surface area contributed by atoms with E-state index >= 15 is 0 Å². The van der Waals surface area contributed by atoms with Crippen molar-refractivity contribution in [2.24, 2.45) is 0 Å². The van der Waals surface area contributed by atoms with Gasteiger partial charge in [0.1, 0.15) is 0 Å². The molecule has 0 bridgehead atoms. The first-order chi connectivity index (χ1) is 6.68. The van der Waals surface area contributed by atoms with E-state index in [1.807, 2.05) is 0 Å². The van der Waals surface area contributed by atoms with Crippen LogP contribution in [-0.2, 0) is 16.3 Å². The second-order valence-electron chi connectivity index (χ2n) is 3.80.